The molecule has 2 N–H and O–H groups in total. The highest BCUT2D eigenvalue weighted by atomic mass is 35.5. The van der Waals surface area contributed by atoms with Crippen LogP contribution in [-0.4, -0.2) is 70.6 Å². The SMILES string of the molecule is CC(C)NC[C@@H](C(=O)N1CCN2c3ncnc4[nH]cc(c34)OC[C@H]2C1)c1ccc(Cl)cc1. The second-order valence-electron chi connectivity index (χ2n) is 8.68. The molecule has 1 saturated heterocycles. The molecule has 4 heterocycles. The number of fused-ring (bicyclic) bond motifs is 2. The van der Waals surface area contributed by atoms with Crippen LogP contribution in [0.3, 0.4) is 0 Å². The summed E-state index contributed by atoms with van der Waals surface area (Å²) in [5.41, 5.74) is 1.74. The summed E-state index contributed by atoms with van der Waals surface area (Å²) in [5, 5.41) is 5.01. The quantitative estimate of drug-likeness (QED) is 0.616. The van der Waals surface area contributed by atoms with Gasteiger partial charge in [-0.05, 0) is 17.7 Å². The fourth-order valence-corrected chi connectivity index (χ4v) is 4.66. The molecule has 0 aliphatic carbocycles. The molecule has 2 aromatic heterocycles. The van der Waals surface area contributed by atoms with Crippen molar-refractivity contribution in [2.24, 2.45) is 0 Å². The highest BCUT2D eigenvalue weighted by Gasteiger charge is 2.37. The first-order chi connectivity index (χ1) is 15.5. The number of carbonyl (C=O) groups excluding carboxylic acids is 1. The summed E-state index contributed by atoms with van der Waals surface area (Å²) in [6.45, 7) is 7.16. The normalized spacial score (nSPS) is 18.9. The third kappa shape index (κ3) is 3.89. The van der Waals surface area contributed by atoms with Crippen LogP contribution in [0, 0.1) is 0 Å². The molecule has 3 aromatic rings. The molecule has 0 bridgehead atoms. The number of hydrogen-bond donors (Lipinski definition) is 2. The highest BCUT2D eigenvalue weighted by molar-refractivity contribution is 6.30. The van der Waals surface area contributed by atoms with E-state index >= 15 is 0 Å². The Morgan fingerprint density at radius 1 is 1.28 bits per heavy atom. The van der Waals surface area contributed by atoms with Gasteiger partial charge in [0.15, 0.2) is 0 Å². The Kier molecular flexibility index (Phi) is 5.65. The Morgan fingerprint density at radius 3 is 2.88 bits per heavy atom. The van der Waals surface area contributed by atoms with Crippen molar-refractivity contribution in [3.63, 3.8) is 0 Å². The van der Waals surface area contributed by atoms with Crippen molar-refractivity contribution in [3.8, 4) is 5.75 Å². The van der Waals surface area contributed by atoms with Gasteiger partial charge in [0.2, 0.25) is 5.91 Å². The van der Waals surface area contributed by atoms with E-state index in [0.717, 1.165) is 28.2 Å². The fourth-order valence-electron chi connectivity index (χ4n) is 4.53. The molecule has 32 heavy (non-hydrogen) atoms. The van der Waals surface area contributed by atoms with Crippen molar-refractivity contribution >= 4 is 34.4 Å². The van der Waals surface area contributed by atoms with Gasteiger partial charge in [-0.3, -0.25) is 4.79 Å². The van der Waals surface area contributed by atoms with E-state index in [4.69, 9.17) is 16.3 Å². The maximum atomic E-state index is 13.7. The summed E-state index contributed by atoms with van der Waals surface area (Å²) < 4.78 is 6.08. The van der Waals surface area contributed by atoms with Crippen molar-refractivity contribution in [3.05, 3.63) is 47.4 Å². The minimum absolute atomic E-state index is 0.0297. The first-order valence-electron chi connectivity index (χ1n) is 11.0. The number of H-pyrrole nitrogens is 1. The number of piperazine rings is 1. The largest absolute Gasteiger partial charge is 0.489 e. The zero-order valence-electron chi connectivity index (χ0n) is 18.2. The van der Waals surface area contributed by atoms with E-state index in [-0.39, 0.29) is 17.9 Å². The number of aromatic amines is 1. The lowest BCUT2D eigenvalue weighted by molar-refractivity contribution is -0.133. The highest BCUT2D eigenvalue weighted by Crippen LogP contribution is 2.36. The first-order valence-corrected chi connectivity index (χ1v) is 11.4. The second kappa shape index (κ2) is 8.60. The average Bonchev–Trinajstić information content (AvgIpc) is 3.14. The molecular formula is C23H27ClN6O2. The summed E-state index contributed by atoms with van der Waals surface area (Å²) in [6.07, 6.45) is 3.41. The Balaban J connectivity index is 1.38. The van der Waals surface area contributed by atoms with E-state index < -0.39 is 0 Å². The number of ether oxygens (including phenoxy) is 1. The zero-order valence-corrected chi connectivity index (χ0v) is 19.0. The molecule has 2 aliphatic rings. The first kappa shape index (κ1) is 21.0. The van der Waals surface area contributed by atoms with Gasteiger partial charge in [-0.2, -0.15) is 0 Å². The van der Waals surface area contributed by atoms with Crippen molar-refractivity contribution in [2.75, 3.05) is 37.7 Å². The van der Waals surface area contributed by atoms with Crippen molar-refractivity contribution in [2.45, 2.75) is 31.8 Å². The van der Waals surface area contributed by atoms with Gasteiger partial charge in [-0.15, -0.1) is 0 Å². The molecule has 1 amide bonds. The minimum atomic E-state index is -0.271. The Bertz CT molecular complexity index is 1120. The van der Waals surface area contributed by atoms with Crippen LogP contribution in [0.5, 0.6) is 5.75 Å². The van der Waals surface area contributed by atoms with E-state index in [9.17, 15) is 4.79 Å². The van der Waals surface area contributed by atoms with Crippen LogP contribution in [0.4, 0.5) is 5.82 Å². The molecule has 0 spiro atoms. The molecule has 0 radical (unpaired) electrons. The average molecular weight is 455 g/mol. The van der Waals surface area contributed by atoms with Crippen LogP contribution in [0.25, 0.3) is 11.0 Å². The number of halogens is 1. The van der Waals surface area contributed by atoms with Crippen LogP contribution < -0.4 is 15.0 Å². The van der Waals surface area contributed by atoms with Crippen LogP contribution in [0.1, 0.15) is 25.3 Å². The topological polar surface area (TPSA) is 86.4 Å². The third-order valence-electron chi connectivity index (χ3n) is 6.21. The molecule has 168 valence electrons. The Morgan fingerprint density at radius 2 is 2.09 bits per heavy atom. The maximum Gasteiger partial charge on any atom is 0.231 e. The molecular weight excluding hydrogens is 428 g/mol. The summed E-state index contributed by atoms with van der Waals surface area (Å²) in [7, 11) is 0. The van der Waals surface area contributed by atoms with Crippen LogP contribution in [0.15, 0.2) is 36.8 Å². The van der Waals surface area contributed by atoms with Crippen molar-refractivity contribution < 1.29 is 9.53 Å². The Labute approximate surface area is 191 Å². The van der Waals surface area contributed by atoms with E-state index in [0.29, 0.717) is 43.9 Å². The number of benzene rings is 1. The fraction of sp³-hybridized carbons (Fsp3) is 0.435. The lowest BCUT2D eigenvalue weighted by Gasteiger charge is -2.42. The van der Waals surface area contributed by atoms with Gasteiger partial charge in [-0.1, -0.05) is 37.6 Å². The Hall–Kier alpha value is -2.84. The predicted octanol–water partition coefficient (Wildman–Crippen LogP) is 2.80. The molecule has 0 unspecified atom stereocenters. The van der Waals surface area contributed by atoms with Gasteiger partial charge in [0.1, 0.15) is 35.5 Å². The maximum absolute atomic E-state index is 13.7. The van der Waals surface area contributed by atoms with Gasteiger partial charge >= 0.3 is 0 Å². The van der Waals surface area contributed by atoms with Crippen molar-refractivity contribution in [1.82, 2.24) is 25.2 Å². The molecule has 2 atom stereocenters. The van der Waals surface area contributed by atoms with E-state index in [1.807, 2.05) is 35.4 Å². The van der Waals surface area contributed by atoms with E-state index in [1.165, 1.54) is 0 Å². The van der Waals surface area contributed by atoms with Crippen LogP contribution in [0.2, 0.25) is 5.02 Å². The number of aromatic nitrogens is 3. The number of amides is 1. The molecule has 8 nitrogen and oxygen atoms in total. The molecule has 1 aromatic carbocycles. The van der Waals surface area contributed by atoms with Crippen molar-refractivity contribution in [1.29, 1.82) is 0 Å². The summed E-state index contributed by atoms with van der Waals surface area (Å²) in [5.74, 6) is 1.49. The number of anilines is 1. The predicted molar refractivity (Wildman–Crippen MR) is 124 cm³/mol. The lowest BCUT2D eigenvalue weighted by Crippen LogP contribution is -2.58. The molecule has 0 saturated carbocycles. The number of hydrogen-bond acceptors (Lipinski definition) is 6. The van der Waals surface area contributed by atoms with E-state index in [2.05, 4.69) is 39.0 Å². The molecule has 2 aliphatic heterocycles. The number of carbonyl (C=O) groups is 1. The van der Waals surface area contributed by atoms with Gasteiger partial charge in [0.25, 0.3) is 0 Å². The lowest BCUT2D eigenvalue weighted by atomic mass is 9.96. The molecule has 1 fully saturated rings. The number of rotatable bonds is 5. The molecule has 5 rings (SSSR count). The summed E-state index contributed by atoms with van der Waals surface area (Å²) >= 11 is 6.08. The number of nitrogens with one attached hydrogen (secondary N) is 2. The van der Waals surface area contributed by atoms with E-state index in [1.54, 1.807) is 6.33 Å². The smallest absolute Gasteiger partial charge is 0.231 e. The van der Waals surface area contributed by atoms with Crippen LogP contribution in [-0.2, 0) is 4.79 Å². The van der Waals surface area contributed by atoms with Gasteiger partial charge in [0, 0.05) is 43.4 Å². The number of nitrogens with zero attached hydrogens (tertiary/aromatic N) is 4. The summed E-state index contributed by atoms with van der Waals surface area (Å²) in [4.78, 5) is 29.9. The van der Waals surface area contributed by atoms with Crippen LogP contribution >= 0.6 is 11.6 Å². The van der Waals surface area contributed by atoms with Gasteiger partial charge in [0.05, 0.1) is 12.0 Å². The monoisotopic (exact) mass is 454 g/mol. The second-order valence-corrected chi connectivity index (χ2v) is 9.12. The minimum Gasteiger partial charge on any atom is -0.489 e. The molecule has 9 heteroatoms. The summed E-state index contributed by atoms with van der Waals surface area (Å²) in [6, 6.07) is 7.91. The van der Waals surface area contributed by atoms with Gasteiger partial charge < -0.3 is 24.8 Å². The zero-order chi connectivity index (χ0) is 22.2. The third-order valence-corrected chi connectivity index (χ3v) is 6.46. The van der Waals surface area contributed by atoms with Gasteiger partial charge in [-0.25, -0.2) is 9.97 Å². The standard InChI is InChI=1S/C23H27ClN6O2/c1-14(2)25-9-18(15-3-5-16(24)6-4-15)23(31)29-7-8-30-17(11-29)12-32-19-10-26-21-20(19)22(30)28-13-27-21/h3-6,10,13-14,17-18,25H,7-9,11-12H2,1-2H3,(H,26,27,28)/t17-,18-/m1/s1.